The van der Waals surface area contributed by atoms with E-state index in [0.717, 1.165) is 5.56 Å². The maximum absolute atomic E-state index is 11.5. The fourth-order valence-corrected chi connectivity index (χ4v) is 2.19. The van der Waals surface area contributed by atoms with E-state index in [1.54, 1.807) is 19.1 Å². The van der Waals surface area contributed by atoms with E-state index in [4.69, 9.17) is 11.0 Å². The van der Waals surface area contributed by atoms with E-state index < -0.39 is 9.84 Å². The van der Waals surface area contributed by atoms with Crippen molar-refractivity contribution in [3.05, 3.63) is 29.8 Å². The van der Waals surface area contributed by atoms with Crippen LogP contribution in [0.15, 0.2) is 29.2 Å². The topological polar surface area (TPSA) is 83.9 Å². The van der Waals surface area contributed by atoms with Gasteiger partial charge in [-0.1, -0.05) is 19.1 Å². The van der Waals surface area contributed by atoms with Gasteiger partial charge in [-0.25, -0.2) is 8.42 Å². The van der Waals surface area contributed by atoms with Crippen LogP contribution >= 0.6 is 12.4 Å². The van der Waals surface area contributed by atoms with Crippen LogP contribution in [0.25, 0.3) is 0 Å². The maximum atomic E-state index is 11.5. The summed E-state index contributed by atoms with van der Waals surface area (Å²) in [6, 6.07) is 8.00. The van der Waals surface area contributed by atoms with E-state index in [-0.39, 0.29) is 30.6 Å². The molecule has 4 nitrogen and oxygen atoms in total. The molecule has 0 saturated heterocycles. The molecule has 6 heteroatoms. The van der Waals surface area contributed by atoms with E-state index in [9.17, 15) is 8.42 Å². The van der Waals surface area contributed by atoms with Gasteiger partial charge in [0.1, 0.15) is 0 Å². The fraction of sp³-hybridized carbons (Fsp3) is 0.364. The Labute approximate surface area is 108 Å². The molecular weight excluding hydrogens is 260 g/mol. The molecule has 1 aromatic rings. The highest BCUT2D eigenvalue weighted by atomic mass is 35.5. The van der Waals surface area contributed by atoms with Gasteiger partial charge in [-0.2, -0.15) is 5.26 Å². The van der Waals surface area contributed by atoms with Crippen molar-refractivity contribution < 1.29 is 8.42 Å². The largest absolute Gasteiger partial charge is 0.323 e. The molecule has 0 bridgehead atoms. The van der Waals surface area contributed by atoms with Crippen LogP contribution in [0.4, 0.5) is 0 Å². The van der Waals surface area contributed by atoms with Crippen LogP contribution < -0.4 is 5.73 Å². The Morgan fingerprint density at radius 1 is 1.35 bits per heavy atom. The number of benzene rings is 1. The summed E-state index contributed by atoms with van der Waals surface area (Å²) in [5.74, 6) is 0.0800. The van der Waals surface area contributed by atoms with Gasteiger partial charge in [0.2, 0.25) is 0 Å². The SMILES string of the molecule is CCS(=O)(=O)c1ccc([C@H](N)CC#N)cc1.Cl. The van der Waals surface area contributed by atoms with Gasteiger partial charge in [0.25, 0.3) is 0 Å². The lowest BCUT2D eigenvalue weighted by Crippen LogP contribution is -2.10. The van der Waals surface area contributed by atoms with Crippen LogP contribution in [0.3, 0.4) is 0 Å². The van der Waals surface area contributed by atoms with Crippen molar-refractivity contribution in [1.29, 1.82) is 5.26 Å². The predicted octanol–water partition coefficient (Wildman–Crippen LogP) is 1.82. The minimum Gasteiger partial charge on any atom is -0.323 e. The average Bonchev–Trinajstić information content (AvgIpc) is 2.29. The summed E-state index contributed by atoms with van der Waals surface area (Å²) in [5.41, 5.74) is 6.50. The second kappa shape index (κ2) is 6.60. The van der Waals surface area contributed by atoms with Crippen LogP contribution in [0.1, 0.15) is 24.9 Å². The van der Waals surface area contributed by atoms with Gasteiger partial charge in [-0.15, -0.1) is 12.4 Å². The predicted molar refractivity (Wildman–Crippen MR) is 68.6 cm³/mol. The molecule has 2 N–H and O–H groups in total. The lowest BCUT2D eigenvalue weighted by atomic mass is 10.1. The molecule has 0 amide bonds. The van der Waals surface area contributed by atoms with Crippen molar-refractivity contribution in [3.8, 4) is 6.07 Å². The summed E-state index contributed by atoms with van der Waals surface area (Å²) in [6.45, 7) is 1.60. The highest BCUT2D eigenvalue weighted by Crippen LogP contribution is 2.17. The van der Waals surface area contributed by atoms with Crippen LogP contribution in [-0.2, 0) is 9.84 Å². The molecule has 1 atom stereocenters. The highest BCUT2D eigenvalue weighted by molar-refractivity contribution is 7.91. The summed E-state index contributed by atoms with van der Waals surface area (Å²) in [4.78, 5) is 0.294. The number of hydrogen-bond acceptors (Lipinski definition) is 4. The van der Waals surface area contributed by atoms with Gasteiger partial charge in [-0.3, -0.25) is 0 Å². The lowest BCUT2D eigenvalue weighted by Gasteiger charge is -2.08. The summed E-state index contributed by atoms with van der Waals surface area (Å²) < 4.78 is 23.0. The zero-order chi connectivity index (χ0) is 12.2. The standard InChI is InChI=1S/C11H14N2O2S.ClH/c1-2-16(14,15)10-5-3-9(4-6-10)11(13)7-8-12;/h3-6,11H,2,7,13H2,1H3;1H/t11-;/m1./s1. The Morgan fingerprint density at radius 2 is 1.88 bits per heavy atom. The zero-order valence-electron chi connectivity index (χ0n) is 9.46. The summed E-state index contributed by atoms with van der Waals surface area (Å²) in [6.07, 6.45) is 0.222. The van der Waals surface area contributed by atoms with Gasteiger partial charge >= 0.3 is 0 Å². The molecule has 0 fully saturated rings. The second-order valence-corrected chi connectivity index (χ2v) is 5.72. The van der Waals surface area contributed by atoms with Crippen molar-refractivity contribution in [2.24, 2.45) is 5.73 Å². The van der Waals surface area contributed by atoms with E-state index in [2.05, 4.69) is 0 Å². The molecular formula is C11H15ClN2O2S. The summed E-state index contributed by atoms with van der Waals surface area (Å²) >= 11 is 0. The molecule has 1 rings (SSSR count). The Balaban J connectivity index is 0.00000256. The number of sulfone groups is 1. The molecule has 0 aliphatic carbocycles. The first-order valence-electron chi connectivity index (χ1n) is 4.96. The van der Waals surface area contributed by atoms with Crippen LogP contribution in [-0.4, -0.2) is 14.2 Å². The third kappa shape index (κ3) is 4.00. The molecule has 1 aromatic carbocycles. The Morgan fingerprint density at radius 3 is 2.29 bits per heavy atom. The van der Waals surface area contributed by atoms with Crippen molar-refractivity contribution in [2.45, 2.75) is 24.3 Å². The van der Waals surface area contributed by atoms with Crippen LogP contribution in [0.5, 0.6) is 0 Å². The van der Waals surface area contributed by atoms with Gasteiger partial charge in [0.05, 0.1) is 23.1 Å². The van der Waals surface area contributed by atoms with Gasteiger partial charge < -0.3 is 5.73 Å². The van der Waals surface area contributed by atoms with Gasteiger partial charge in [0, 0.05) is 6.04 Å². The maximum Gasteiger partial charge on any atom is 0.178 e. The normalized spacial score (nSPS) is 12.3. The minimum atomic E-state index is -3.16. The van der Waals surface area contributed by atoms with Crippen molar-refractivity contribution >= 4 is 22.2 Å². The lowest BCUT2D eigenvalue weighted by molar-refractivity contribution is 0.597. The molecule has 0 aliphatic heterocycles. The number of rotatable bonds is 4. The van der Waals surface area contributed by atoms with E-state index in [1.807, 2.05) is 6.07 Å². The van der Waals surface area contributed by atoms with E-state index in [1.165, 1.54) is 12.1 Å². The first-order valence-corrected chi connectivity index (χ1v) is 6.61. The van der Waals surface area contributed by atoms with Crippen molar-refractivity contribution in [1.82, 2.24) is 0 Å². The molecule has 0 heterocycles. The van der Waals surface area contributed by atoms with Crippen LogP contribution in [0, 0.1) is 11.3 Å². The van der Waals surface area contributed by atoms with Crippen molar-refractivity contribution in [3.63, 3.8) is 0 Å². The molecule has 0 unspecified atom stereocenters. The summed E-state index contributed by atoms with van der Waals surface area (Å²) in [7, 11) is -3.16. The monoisotopic (exact) mass is 274 g/mol. The third-order valence-electron chi connectivity index (χ3n) is 2.36. The van der Waals surface area contributed by atoms with E-state index >= 15 is 0 Å². The Kier molecular flexibility index (Phi) is 6.18. The summed E-state index contributed by atoms with van der Waals surface area (Å²) in [5, 5.41) is 8.49. The molecule has 0 aliphatic rings. The molecule has 0 radical (unpaired) electrons. The number of nitrogens with two attached hydrogens (primary N) is 1. The molecule has 0 spiro atoms. The van der Waals surface area contributed by atoms with Crippen LogP contribution in [0.2, 0.25) is 0 Å². The Bertz CT molecular complexity index is 491. The Hall–Kier alpha value is -1.09. The highest BCUT2D eigenvalue weighted by Gasteiger charge is 2.12. The molecule has 0 saturated carbocycles. The minimum absolute atomic E-state index is 0. The first kappa shape index (κ1) is 15.9. The molecule has 94 valence electrons. The third-order valence-corrected chi connectivity index (χ3v) is 4.11. The van der Waals surface area contributed by atoms with E-state index in [0.29, 0.717) is 4.90 Å². The quantitative estimate of drug-likeness (QED) is 0.908. The first-order chi connectivity index (χ1) is 7.51. The van der Waals surface area contributed by atoms with Gasteiger partial charge in [0.15, 0.2) is 9.84 Å². The van der Waals surface area contributed by atoms with Crippen molar-refractivity contribution in [2.75, 3.05) is 5.75 Å². The fourth-order valence-electron chi connectivity index (χ4n) is 1.31. The second-order valence-electron chi connectivity index (χ2n) is 3.44. The molecule has 0 aromatic heterocycles. The number of hydrogen-bond donors (Lipinski definition) is 1. The number of halogens is 1. The molecule has 17 heavy (non-hydrogen) atoms. The zero-order valence-corrected chi connectivity index (χ0v) is 11.1. The number of nitriles is 1. The van der Waals surface area contributed by atoms with Gasteiger partial charge in [-0.05, 0) is 17.7 Å². The number of nitrogens with zero attached hydrogens (tertiary/aromatic N) is 1. The average molecular weight is 275 g/mol. The smallest absolute Gasteiger partial charge is 0.178 e.